The minimum absolute atomic E-state index is 0.121. The number of carbonyl (C=O) groups is 1. The van der Waals surface area contributed by atoms with Crippen LogP contribution in [0.25, 0.3) is 0 Å². The summed E-state index contributed by atoms with van der Waals surface area (Å²) >= 11 is 0. The van der Waals surface area contributed by atoms with Gasteiger partial charge in [-0.25, -0.2) is 4.79 Å². The Morgan fingerprint density at radius 3 is 2.86 bits per heavy atom. The summed E-state index contributed by atoms with van der Waals surface area (Å²) in [5.74, 6) is 0. The first-order valence-corrected chi connectivity index (χ1v) is 7.80. The van der Waals surface area contributed by atoms with Crippen molar-refractivity contribution in [2.75, 3.05) is 25.0 Å². The van der Waals surface area contributed by atoms with Crippen molar-refractivity contribution in [3.8, 4) is 0 Å². The van der Waals surface area contributed by atoms with Crippen molar-refractivity contribution in [3.63, 3.8) is 0 Å². The summed E-state index contributed by atoms with van der Waals surface area (Å²) in [7, 11) is 2.11. The maximum atomic E-state index is 11.6. The maximum Gasteiger partial charge on any atom is 0.407 e. The van der Waals surface area contributed by atoms with Crippen molar-refractivity contribution in [2.24, 2.45) is 5.73 Å². The zero-order valence-electron chi connectivity index (χ0n) is 14.0. The largest absolute Gasteiger partial charge is 0.444 e. The number of carbonyl (C=O) groups excluding carboxylic acids is 1. The van der Waals surface area contributed by atoms with Gasteiger partial charge < -0.3 is 20.7 Å². The van der Waals surface area contributed by atoms with E-state index < -0.39 is 11.7 Å². The number of alkyl carbamates (subject to hydrolysis) is 1. The van der Waals surface area contributed by atoms with Crippen LogP contribution in [0.3, 0.4) is 0 Å². The molecule has 0 aliphatic carbocycles. The molecule has 0 fully saturated rings. The fraction of sp³-hybridized carbons (Fsp3) is 0.588. The van der Waals surface area contributed by atoms with E-state index >= 15 is 0 Å². The Morgan fingerprint density at radius 1 is 1.45 bits per heavy atom. The molecule has 1 aromatic carbocycles. The van der Waals surface area contributed by atoms with Crippen LogP contribution in [0.2, 0.25) is 0 Å². The molecule has 22 heavy (non-hydrogen) atoms. The van der Waals surface area contributed by atoms with E-state index in [1.807, 2.05) is 20.8 Å². The Labute approximate surface area is 132 Å². The van der Waals surface area contributed by atoms with Crippen molar-refractivity contribution >= 4 is 11.8 Å². The number of rotatable bonds is 4. The summed E-state index contributed by atoms with van der Waals surface area (Å²) in [5, 5.41) is 2.72. The topological polar surface area (TPSA) is 67.6 Å². The van der Waals surface area contributed by atoms with Crippen molar-refractivity contribution in [3.05, 3.63) is 29.3 Å². The van der Waals surface area contributed by atoms with Gasteiger partial charge in [0.05, 0.1) is 0 Å². The van der Waals surface area contributed by atoms with Gasteiger partial charge in [-0.05, 0) is 50.8 Å². The van der Waals surface area contributed by atoms with Crippen LogP contribution in [0.5, 0.6) is 0 Å². The van der Waals surface area contributed by atoms with Crippen LogP contribution in [0, 0.1) is 0 Å². The lowest BCUT2D eigenvalue weighted by atomic mass is 10.0. The second-order valence-corrected chi connectivity index (χ2v) is 6.98. The highest BCUT2D eigenvalue weighted by molar-refractivity contribution is 5.67. The van der Waals surface area contributed by atoms with E-state index in [9.17, 15) is 4.79 Å². The zero-order chi connectivity index (χ0) is 16.3. The Bertz CT molecular complexity index is 537. The number of benzene rings is 1. The lowest BCUT2D eigenvalue weighted by molar-refractivity contribution is 0.0524. The molecule has 1 atom stereocenters. The number of anilines is 1. The summed E-state index contributed by atoms with van der Waals surface area (Å²) in [5.41, 5.74) is 9.53. The molecule has 1 unspecified atom stereocenters. The lowest BCUT2D eigenvalue weighted by Crippen LogP contribution is -2.41. The van der Waals surface area contributed by atoms with Crippen LogP contribution in [0.4, 0.5) is 10.5 Å². The summed E-state index contributed by atoms with van der Waals surface area (Å²) in [6.45, 7) is 7.01. The normalized spacial score (nSPS) is 15.4. The number of ether oxygens (including phenoxy) is 1. The van der Waals surface area contributed by atoms with Gasteiger partial charge in [0.25, 0.3) is 0 Å². The van der Waals surface area contributed by atoms with E-state index in [0.29, 0.717) is 6.54 Å². The molecule has 1 amide bonds. The van der Waals surface area contributed by atoms with Gasteiger partial charge in [0.1, 0.15) is 5.60 Å². The van der Waals surface area contributed by atoms with Crippen LogP contribution in [0.1, 0.15) is 31.9 Å². The predicted molar refractivity (Wildman–Crippen MR) is 89.3 cm³/mol. The zero-order valence-corrected chi connectivity index (χ0v) is 14.0. The van der Waals surface area contributed by atoms with E-state index in [1.54, 1.807) is 0 Å². The molecule has 1 aliphatic rings. The van der Waals surface area contributed by atoms with E-state index in [-0.39, 0.29) is 6.04 Å². The van der Waals surface area contributed by atoms with Gasteiger partial charge in [0.2, 0.25) is 0 Å². The van der Waals surface area contributed by atoms with Crippen LogP contribution in [-0.2, 0) is 17.6 Å². The van der Waals surface area contributed by atoms with Gasteiger partial charge in [-0.3, -0.25) is 0 Å². The fourth-order valence-electron chi connectivity index (χ4n) is 2.65. The van der Waals surface area contributed by atoms with Crippen molar-refractivity contribution in [1.29, 1.82) is 0 Å². The molecule has 0 saturated heterocycles. The van der Waals surface area contributed by atoms with Crippen LogP contribution in [-0.4, -0.2) is 37.9 Å². The molecule has 5 heteroatoms. The predicted octanol–water partition coefficient (Wildman–Crippen LogP) is 2.07. The number of likely N-dealkylation sites (N-methyl/N-ethyl adjacent to an activating group) is 1. The Kier molecular flexibility index (Phi) is 4.96. The number of amides is 1. The lowest BCUT2D eigenvalue weighted by Gasteiger charge is -2.21. The molecule has 1 aliphatic heterocycles. The molecule has 2 rings (SSSR count). The van der Waals surface area contributed by atoms with Crippen molar-refractivity contribution in [1.82, 2.24) is 5.32 Å². The van der Waals surface area contributed by atoms with Gasteiger partial charge in [-0.1, -0.05) is 12.1 Å². The highest BCUT2D eigenvalue weighted by Gasteiger charge is 2.18. The second-order valence-electron chi connectivity index (χ2n) is 6.98. The number of fused-ring (bicyclic) bond motifs is 1. The third kappa shape index (κ3) is 4.63. The molecule has 0 aromatic heterocycles. The molecule has 1 heterocycles. The monoisotopic (exact) mass is 305 g/mol. The molecule has 0 spiro atoms. The quantitative estimate of drug-likeness (QED) is 0.893. The molecule has 3 N–H and O–H groups in total. The molecular weight excluding hydrogens is 278 g/mol. The Hall–Kier alpha value is -1.75. The fourth-order valence-corrected chi connectivity index (χ4v) is 2.65. The van der Waals surface area contributed by atoms with Gasteiger partial charge in [-0.15, -0.1) is 0 Å². The molecule has 122 valence electrons. The van der Waals surface area contributed by atoms with E-state index in [0.717, 1.165) is 19.4 Å². The summed E-state index contributed by atoms with van der Waals surface area (Å²) in [6.07, 6.45) is 1.41. The minimum Gasteiger partial charge on any atom is -0.444 e. The molecule has 1 aromatic rings. The third-order valence-electron chi connectivity index (χ3n) is 3.68. The molecular formula is C17H27N3O2. The summed E-state index contributed by atoms with van der Waals surface area (Å²) < 4.78 is 5.20. The number of nitrogens with zero attached hydrogens (tertiary/aromatic N) is 1. The van der Waals surface area contributed by atoms with Gasteiger partial charge in [-0.2, -0.15) is 0 Å². The first-order chi connectivity index (χ1) is 10.2. The van der Waals surface area contributed by atoms with E-state index in [2.05, 4.69) is 35.5 Å². The smallest absolute Gasteiger partial charge is 0.407 e. The first-order valence-electron chi connectivity index (χ1n) is 7.80. The highest BCUT2D eigenvalue weighted by atomic mass is 16.6. The van der Waals surface area contributed by atoms with Gasteiger partial charge >= 0.3 is 6.09 Å². The number of nitrogens with one attached hydrogen (secondary N) is 1. The average molecular weight is 305 g/mol. The van der Waals surface area contributed by atoms with Gasteiger partial charge in [0.15, 0.2) is 0 Å². The third-order valence-corrected chi connectivity index (χ3v) is 3.68. The van der Waals surface area contributed by atoms with E-state index in [1.165, 1.54) is 16.8 Å². The molecule has 0 bridgehead atoms. The standard InChI is InChI=1S/C17H27N3O2/c1-17(2,3)22-16(21)19-11-14(18)10-12-5-6-15-13(9-12)7-8-20(15)4/h5-6,9,14H,7-8,10-11,18H2,1-4H3,(H,19,21). The van der Waals surface area contributed by atoms with Crippen LogP contribution < -0.4 is 16.0 Å². The maximum absolute atomic E-state index is 11.6. The highest BCUT2D eigenvalue weighted by Crippen LogP contribution is 2.27. The second kappa shape index (κ2) is 6.57. The molecule has 0 saturated carbocycles. The first kappa shape index (κ1) is 16.6. The molecule has 0 radical (unpaired) electrons. The van der Waals surface area contributed by atoms with Crippen LogP contribution >= 0.6 is 0 Å². The summed E-state index contributed by atoms with van der Waals surface area (Å²) in [4.78, 5) is 13.9. The SMILES string of the molecule is CN1CCc2cc(CC(N)CNC(=O)OC(C)(C)C)ccc21. The number of nitrogens with two attached hydrogens (primary N) is 1. The van der Waals surface area contributed by atoms with E-state index in [4.69, 9.17) is 10.5 Å². The minimum atomic E-state index is -0.486. The van der Waals surface area contributed by atoms with Crippen LogP contribution in [0.15, 0.2) is 18.2 Å². The Balaban J connectivity index is 1.83. The number of hydrogen-bond donors (Lipinski definition) is 2. The Morgan fingerprint density at radius 2 is 2.18 bits per heavy atom. The van der Waals surface area contributed by atoms with Gasteiger partial charge in [0, 0.05) is 31.9 Å². The van der Waals surface area contributed by atoms with Crippen molar-refractivity contribution < 1.29 is 9.53 Å². The van der Waals surface area contributed by atoms with Crippen molar-refractivity contribution in [2.45, 2.75) is 45.3 Å². The molecule has 5 nitrogen and oxygen atoms in total. The average Bonchev–Trinajstić information content (AvgIpc) is 2.76. The number of hydrogen-bond acceptors (Lipinski definition) is 4. The summed E-state index contributed by atoms with van der Waals surface area (Å²) in [6, 6.07) is 6.39.